The summed E-state index contributed by atoms with van der Waals surface area (Å²) in [6, 6.07) is 11.2. The highest BCUT2D eigenvalue weighted by atomic mass is 35.5. The summed E-state index contributed by atoms with van der Waals surface area (Å²) in [6.45, 7) is 5.07. The first-order chi connectivity index (χ1) is 9.56. The van der Waals surface area contributed by atoms with E-state index in [1.54, 1.807) is 18.2 Å². The van der Waals surface area contributed by atoms with Crippen LogP contribution in [0, 0.1) is 13.8 Å². The van der Waals surface area contributed by atoms with Crippen LogP contribution in [-0.2, 0) is 0 Å². The molecule has 2 rings (SSSR count). The Bertz CT molecular complexity index is 546. The first-order valence-corrected chi connectivity index (χ1v) is 6.82. The Kier molecular flexibility index (Phi) is 4.74. The molecule has 0 aromatic heterocycles. The van der Waals surface area contributed by atoms with Gasteiger partial charge in [0.1, 0.15) is 24.7 Å². The zero-order valence-corrected chi connectivity index (χ0v) is 12.4. The van der Waals surface area contributed by atoms with Crippen molar-refractivity contribution in [1.29, 1.82) is 0 Å². The lowest BCUT2D eigenvalue weighted by Crippen LogP contribution is -2.09. The number of benzene rings is 2. The van der Waals surface area contributed by atoms with E-state index < -0.39 is 0 Å². The van der Waals surface area contributed by atoms with Crippen LogP contribution >= 0.6 is 11.6 Å². The van der Waals surface area contributed by atoms with Gasteiger partial charge in [0, 0.05) is 6.07 Å². The second-order valence-corrected chi connectivity index (χ2v) is 5.03. The molecule has 20 heavy (non-hydrogen) atoms. The Morgan fingerprint density at radius 1 is 0.900 bits per heavy atom. The Labute approximate surface area is 124 Å². The molecule has 0 saturated heterocycles. The minimum Gasteiger partial charge on any atom is -0.490 e. The van der Waals surface area contributed by atoms with Gasteiger partial charge in [-0.3, -0.25) is 0 Å². The molecule has 0 fully saturated rings. The molecule has 0 atom stereocenters. The molecule has 4 heteroatoms. The van der Waals surface area contributed by atoms with Crippen molar-refractivity contribution in [2.75, 3.05) is 18.9 Å². The fourth-order valence-electron chi connectivity index (χ4n) is 1.73. The van der Waals surface area contributed by atoms with E-state index in [2.05, 4.69) is 13.8 Å². The van der Waals surface area contributed by atoms with Crippen LogP contribution in [0.4, 0.5) is 5.69 Å². The predicted molar refractivity (Wildman–Crippen MR) is 82.8 cm³/mol. The number of anilines is 1. The van der Waals surface area contributed by atoms with Crippen molar-refractivity contribution in [3.63, 3.8) is 0 Å². The van der Waals surface area contributed by atoms with Crippen molar-refractivity contribution < 1.29 is 9.47 Å². The maximum atomic E-state index is 5.84. The number of hydrogen-bond donors (Lipinski definition) is 1. The molecule has 0 aliphatic heterocycles. The minimum absolute atomic E-state index is 0.452. The second kappa shape index (κ2) is 6.53. The van der Waals surface area contributed by atoms with Gasteiger partial charge >= 0.3 is 0 Å². The molecule has 0 aliphatic carbocycles. The van der Waals surface area contributed by atoms with Gasteiger partial charge in [0.25, 0.3) is 0 Å². The topological polar surface area (TPSA) is 44.5 Å². The van der Waals surface area contributed by atoms with Crippen LogP contribution < -0.4 is 15.2 Å². The van der Waals surface area contributed by atoms with Crippen LogP contribution in [0.5, 0.6) is 11.5 Å². The van der Waals surface area contributed by atoms with E-state index in [4.69, 9.17) is 26.8 Å². The molecule has 0 unspecified atom stereocenters. The summed E-state index contributed by atoms with van der Waals surface area (Å²) in [5.41, 5.74) is 8.69. The quantitative estimate of drug-likeness (QED) is 0.669. The van der Waals surface area contributed by atoms with Crippen molar-refractivity contribution >= 4 is 17.3 Å². The largest absolute Gasteiger partial charge is 0.490 e. The van der Waals surface area contributed by atoms with Crippen LogP contribution in [0.2, 0.25) is 5.02 Å². The van der Waals surface area contributed by atoms with Crippen LogP contribution in [-0.4, -0.2) is 13.2 Å². The van der Waals surface area contributed by atoms with Crippen molar-refractivity contribution in [3.05, 3.63) is 52.5 Å². The van der Waals surface area contributed by atoms with Gasteiger partial charge in [-0.25, -0.2) is 0 Å². The fraction of sp³-hybridized carbons (Fsp3) is 0.250. The molecule has 2 aromatic rings. The summed E-state index contributed by atoms with van der Waals surface area (Å²) in [5.74, 6) is 1.54. The molecule has 0 aliphatic rings. The third-order valence-corrected chi connectivity index (χ3v) is 3.41. The van der Waals surface area contributed by atoms with Crippen molar-refractivity contribution in [2.45, 2.75) is 13.8 Å². The minimum atomic E-state index is 0.452. The molecule has 0 heterocycles. The Hall–Kier alpha value is -1.87. The van der Waals surface area contributed by atoms with Gasteiger partial charge in [0.2, 0.25) is 0 Å². The lowest BCUT2D eigenvalue weighted by Gasteiger charge is -2.10. The fourth-order valence-corrected chi connectivity index (χ4v) is 1.85. The molecule has 0 radical (unpaired) electrons. The molecule has 106 valence electrons. The Morgan fingerprint density at radius 3 is 2.10 bits per heavy atom. The molecule has 0 spiro atoms. The van der Waals surface area contributed by atoms with E-state index in [0.29, 0.717) is 29.7 Å². The van der Waals surface area contributed by atoms with Gasteiger partial charge in [-0.1, -0.05) is 17.7 Å². The van der Waals surface area contributed by atoms with Crippen molar-refractivity contribution in [2.24, 2.45) is 0 Å². The van der Waals surface area contributed by atoms with Crippen LogP contribution in [0.25, 0.3) is 0 Å². The highest BCUT2D eigenvalue weighted by Crippen LogP contribution is 2.23. The number of nitrogens with two attached hydrogens (primary N) is 1. The Balaban J connectivity index is 1.81. The summed E-state index contributed by atoms with van der Waals surface area (Å²) >= 11 is 5.84. The van der Waals surface area contributed by atoms with Crippen LogP contribution in [0.3, 0.4) is 0 Å². The van der Waals surface area contributed by atoms with E-state index in [1.807, 2.05) is 18.2 Å². The van der Waals surface area contributed by atoms with Gasteiger partial charge < -0.3 is 15.2 Å². The zero-order chi connectivity index (χ0) is 14.5. The van der Waals surface area contributed by atoms with Crippen molar-refractivity contribution in [1.82, 2.24) is 0 Å². The maximum Gasteiger partial charge on any atom is 0.122 e. The number of ether oxygens (including phenoxy) is 2. The average Bonchev–Trinajstić information content (AvgIpc) is 2.42. The first kappa shape index (κ1) is 14.5. The van der Waals surface area contributed by atoms with E-state index in [0.717, 1.165) is 5.75 Å². The molecule has 2 aromatic carbocycles. The number of rotatable bonds is 5. The van der Waals surface area contributed by atoms with Gasteiger partial charge in [0.05, 0.1) is 10.7 Å². The smallest absolute Gasteiger partial charge is 0.122 e. The SMILES string of the molecule is Cc1ccc(OCCOc2ccc(Cl)c(N)c2)cc1C. The standard InChI is InChI=1S/C16H18ClNO2/c1-11-3-4-13(9-12(11)2)19-7-8-20-14-5-6-15(17)16(18)10-14/h3-6,9-10H,7-8,18H2,1-2H3. The lowest BCUT2D eigenvalue weighted by molar-refractivity contribution is 0.217. The van der Waals surface area contributed by atoms with Gasteiger partial charge in [-0.15, -0.1) is 0 Å². The summed E-state index contributed by atoms with van der Waals surface area (Å²) in [5, 5.41) is 0.531. The molecule has 0 amide bonds. The molecule has 2 N–H and O–H groups in total. The normalized spacial score (nSPS) is 10.3. The van der Waals surface area contributed by atoms with Gasteiger partial charge in [-0.05, 0) is 49.2 Å². The summed E-state index contributed by atoms with van der Waals surface area (Å²) in [6.07, 6.45) is 0. The molecular weight excluding hydrogens is 274 g/mol. The molecule has 0 saturated carbocycles. The molecule has 0 bridgehead atoms. The number of hydrogen-bond acceptors (Lipinski definition) is 3. The maximum absolute atomic E-state index is 5.84. The molecular formula is C16H18ClNO2. The molecule has 3 nitrogen and oxygen atoms in total. The van der Waals surface area contributed by atoms with E-state index in [9.17, 15) is 0 Å². The van der Waals surface area contributed by atoms with E-state index in [-0.39, 0.29) is 0 Å². The summed E-state index contributed by atoms with van der Waals surface area (Å²) in [4.78, 5) is 0. The Morgan fingerprint density at radius 2 is 1.50 bits per heavy atom. The highest BCUT2D eigenvalue weighted by Gasteiger charge is 2.00. The number of halogens is 1. The van der Waals surface area contributed by atoms with E-state index in [1.165, 1.54) is 11.1 Å². The monoisotopic (exact) mass is 291 g/mol. The first-order valence-electron chi connectivity index (χ1n) is 6.44. The van der Waals surface area contributed by atoms with Crippen molar-refractivity contribution in [3.8, 4) is 11.5 Å². The van der Waals surface area contributed by atoms with Gasteiger partial charge in [0.15, 0.2) is 0 Å². The van der Waals surface area contributed by atoms with Crippen LogP contribution in [0.15, 0.2) is 36.4 Å². The number of aryl methyl sites for hydroxylation is 2. The predicted octanol–water partition coefficient (Wildman–Crippen LogP) is 4.00. The average molecular weight is 292 g/mol. The lowest BCUT2D eigenvalue weighted by atomic mass is 10.1. The highest BCUT2D eigenvalue weighted by molar-refractivity contribution is 6.33. The van der Waals surface area contributed by atoms with Crippen LogP contribution in [0.1, 0.15) is 11.1 Å². The third-order valence-electron chi connectivity index (χ3n) is 3.07. The second-order valence-electron chi connectivity index (χ2n) is 4.63. The van der Waals surface area contributed by atoms with E-state index >= 15 is 0 Å². The zero-order valence-electron chi connectivity index (χ0n) is 11.7. The summed E-state index contributed by atoms with van der Waals surface area (Å²) in [7, 11) is 0. The summed E-state index contributed by atoms with van der Waals surface area (Å²) < 4.78 is 11.2. The number of nitrogen functional groups attached to an aromatic ring is 1. The van der Waals surface area contributed by atoms with Gasteiger partial charge in [-0.2, -0.15) is 0 Å². The third kappa shape index (κ3) is 3.81.